The molecule has 0 radical (unpaired) electrons. The van der Waals surface area contributed by atoms with E-state index in [0.717, 1.165) is 30.1 Å². The zero-order valence-corrected chi connectivity index (χ0v) is 15.9. The molecule has 1 atom stereocenters. The highest BCUT2D eigenvalue weighted by molar-refractivity contribution is 5.90. The highest BCUT2D eigenvalue weighted by atomic mass is 15.2. The number of nitrogens with one attached hydrogen (secondary N) is 1. The number of aromatic nitrogens is 4. The molecule has 138 valence electrons. The summed E-state index contributed by atoms with van der Waals surface area (Å²) >= 11 is 0. The van der Waals surface area contributed by atoms with E-state index in [1.807, 2.05) is 12.3 Å². The molecule has 0 bridgehead atoms. The number of rotatable bonds is 3. The molecule has 1 fully saturated rings. The summed E-state index contributed by atoms with van der Waals surface area (Å²) in [6, 6.07) is 10.6. The van der Waals surface area contributed by atoms with Crippen molar-refractivity contribution in [2.24, 2.45) is 0 Å². The lowest BCUT2D eigenvalue weighted by atomic mass is 9.94. The summed E-state index contributed by atoms with van der Waals surface area (Å²) in [4.78, 5) is 15.3. The number of H-pyrrole nitrogens is 1. The molecule has 5 heterocycles. The molecule has 4 aromatic heterocycles. The molecule has 0 saturated carbocycles. The zero-order chi connectivity index (χ0) is 18.4. The number of piperidine rings is 1. The number of hydrogen-bond acceptors (Lipinski definition) is 3. The van der Waals surface area contributed by atoms with Crippen molar-refractivity contribution < 1.29 is 0 Å². The second kappa shape index (κ2) is 6.41. The summed E-state index contributed by atoms with van der Waals surface area (Å²) in [5.41, 5.74) is 5.80. The molecule has 1 N–H and O–H groups in total. The Balaban J connectivity index is 1.53. The van der Waals surface area contributed by atoms with Gasteiger partial charge in [0.15, 0.2) is 0 Å². The molecule has 0 spiro atoms. The fourth-order valence-corrected chi connectivity index (χ4v) is 4.29. The van der Waals surface area contributed by atoms with Gasteiger partial charge in [0.1, 0.15) is 11.3 Å². The molecule has 5 nitrogen and oxygen atoms in total. The summed E-state index contributed by atoms with van der Waals surface area (Å²) < 4.78 is 2.24. The van der Waals surface area contributed by atoms with E-state index in [0.29, 0.717) is 11.8 Å². The second-order valence-electron chi connectivity index (χ2n) is 7.86. The van der Waals surface area contributed by atoms with Crippen LogP contribution in [0.25, 0.3) is 16.7 Å². The first-order chi connectivity index (χ1) is 13.2. The fourth-order valence-electron chi connectivity index (χ4n) is 4.29. The van der Waals surface area contributed by atoms with Crippen LogP contribution in [-0.4, -0.2) is 32.4 Å². The van der Waals surface area contributed by atoms with Gasteiger partial charge in [0.25, 0.3) is 0 Å². The molecule has 4 aromatic rings. The standard InChI is InChI=1S/C22H25N5/c1-15(2)18-12-19(17-8-9-23-22(17)25-18)26-10-5-6-16(14-26)20-13-24-21-7-3-4-11-27(20)21/h3-4,7-9,11-13,15-16H,5-6,10,14H2,1-2H3,(H,23,25). The van der Waals surface area contributed by atoms with Gasteiger partial charge in [0.2, 0.25) is 0 Å². The summed E-state index contributed by atoms with van der Waals surface area (Å²) in [6.45, 7) is 6.52. The van der Waals surface area contributed by atoms with E-state index in [9.17, 15) is 0 Å². The number of hydrogen-bond donors (Lipinski definition) is 1. The molecular weight excluding hydrogens is 334 g/mol. The van der Waals surface area contributed by atoms with Crippen LogP contribution in [0.15, 0.2) is 48.9 Å². The second-order valence-corrected chi connectivity index (χ2v) is 7.86. The third-order valence-electron chi connectivity index (χ3n) is 5.74. The minimum atomic E-state index is 0.413. The maximum Gasteiger partial charge on any atom is 0.139 e. The lowest BCUT2D eigenvalue weighted by Crippen LogP contribution is -2.35. The van der Waals surface area contributed by atoms with Gasteiger partial charge in [-0.2, -0.15) is 0 Å². The molecule has 5 heteroatoms. The Kier molecular flexibility index (Phi) is 3.88. The van der Waals surface area contributed by atoms with Gasteiger partial charge in [-0.25, -0.2) is 9.97 Å². The van der Waals surface area contributed by atoms with Crippen molar-refractivity contribution in [3.63, 3.8) is 0 Å². The molecule has 1 aliphatic heterocycles. The van der Waals surface area contributed by atoms with E-state index in [-0.39, 0.29) is 0 Å². The Morgan fingerprint density at radius 1 is 1.22 bits per heavy atom. The smallest absolute Gasteiger partial charge is 0.139 e. The van der Waals surface area contributed by atoms with Crippen LogP contribution in [0.3, 0.4) is 0 Å². The molecular formula is C22H25N5. The number of pyridine rings is 2. The van der Waals surface area contributed by atoms with Crippen LogP contribution in [0.4, 0.5) is 5.69 Å². The van der Waals surface area contributed by atoms with E-state index < -0.39 is 0 Å². The Morgan fingerprint density at radius 3 is 3.04 bits per heavy atom. The molecule has 1 aliphatic rings. The van der Waals surface area contributed by atoms with Crippen LogP contribution in [0.1, 0.15) is 49.9 Å². The van der Waals surface area contributed by atoms with E-state index in [1.165, 1.54) is 29.6 Å². The lowest BCUT2D eigenvalue weighted by Gasteiger charge is -2.35. The molecule has 0 aliphatic carbocycles. The number of aromatic amines is 1. The SMILES string of the molecule is CC(C)c1cc(N2CCCC(c3cnc4ccccn34)C2)c2cc[nH]c2n1. The number of fused-ring (bicyclic) bond motifs is 2. The Bertz CT molecular complexity index is 1090. The van der Waals surface area contributed by atoms with Gasteiger partial charge in [0, 0.05) is 60.1 Å². The lowest BCUT2D eigenvalue weighted by molar-refractivity contribution is 0.500. The number of anilines is 1. The molecule has 0 aromatic carbocycles. The average Bonchev–Trinajstić information content (AvgIpc) is 3.34. The van der Waals surface area contributed by atoms with Crippen LogP contribution in [0, 0.1) is 0 Å². The van der Waals surface area contributed by atoms with E-state index in [4.69, 9.17) is 4.98 Å². The fraction of sp³-hybridized carbons (Fsp3) is 0.364. The Hall–Kier alpha value is -2.82. The third-order valence-corrected chi connectivity index (χ3v) is 5.74. The predicted molar refractivity (Wildman–Crippen MR) is 110 cm³/mol. The van der Waals surface area contributed by atoms with E-state index in [1.54, 1.807) is 0 Å². The highest BCUT2D eigenvalue weighted by Crippen LogP contribution is 2.35. The maximum atomic E-state index is 4.80. The van der Waals surface area contributed by atoms with Crippen molar-refractivity contribution in [3.8, 4) is 0 Å². The first-order valence-electron chi connectivity index (χ1n) is 9.85. The zero-order valence-electron chi connectivity index (χ0n) is 15.9. The van der Waals surface area contributed by atoms with Crippen molar-refractivity contribution in [3.05, 3.63) is 60.3 Å². The summed E-state index contributed by atoms with van der Waals surface area (Å²) in [5, 5.41) is 1.22. The average molecular weight is 359 g/mol. The minimum absolute atomic E-state index is 0.413. The minimum Gasteiger partial charge on any atom is -0.370 e. The molecule has 1 unspecified atom stereocenters. The van der Waals surface area contributed by atoms with Crippen LogP contribution >= 0.6 is 0 Å². The number of nitrogens with zero attached hydrogens (tertiary/aromatic N) is 4. The molecule has 27 heavy (non-hydrogen) atoms. The van der Waals surface area contributed by atoms with Gasteiger partial charge in [0.05, 0.1) is 0 Å². The highest BCUT2D eigenvalue weighted by Gasteiger charge is 2.26. The van der Waals surface area contributed by atoms with Gasteiger partial charge in [-0.15, -0.1) is 0 Å². The van der Waals surface area contributed by atoms with Gasteiger partial charge >= 0.3 is 0 Å². The topological polar surface area (TPSA) is 49.2 Å². The van der Waals surface area contributed by atoms with Crippen molar-refractivity contribution in [1.29, 1.82) is 0 Å². The van der Waals surface area contributed by atoms with Crippen LogP contribution in [-0.2, 0) is 0 Å². The summed E-state index contributed by atoms with van der Waals surface area (Å²) in [6.07, 6.45) is 8.58. The van der Waals surface area contributed by atoms with Gasteiger partial charge in [-0.1, -0.05) is 19.9 Å². The Labute approximate surface area is 159 Å². The predicted octanol–water partition coefficient (Wildman–Crippen LogP) is 4.72. The van der Waals surface area contributed by atoms with Gasteiger partial charge < -0.3 is 14.3 Å². The normalized spacial score (nSPS) is 18.0. The first kappa shape index (κ1) is 16.4. The van der Waals surface area contributed by atoms with Gasteiger partial charge in [-0.05, 0) is 43.0 Å². The monoisotopic (exact) mass is 359 g/mol. The van der Waals surface area contributed by atoms with Crippen LogP contribution in [0.5, 0.6) is 0 Å². The van der Waals surface area contributed by atoms with Crippen molar-refractivity contribution in [2.75, 3.05) is 18.0 Å². The number of imidazole rings is 1. The van der Waals surface area contributed by atoms with Gasteiger partial charge in [-0.3, -0.25) is 0 Å². The molecule has 5 rings (SSSR count). The van der Waals surface area contributed by atoms with Crippen molar-refractivity contribution in [1.82, 2.24) is 19.4 Å². The quantitative estimate of drug-likeness (QED) is 0.576. The molecule has 1 saturated heterocycles. The van der Waals surface area contributed by atoms with Crippen LogP contribution < -0.4 is 4.90 Å². The van der Waals surface area contributed by atoms with E-state index in [2.05, 4.69) is 69.8 Å². The van der Waals surface area contributed by atoms with Crippen molar-refractivity contribution in [2.45, 2.75) is 38.5 Å². The van der Waals surface area contributed by atoms with Crippen LogP contribution in [0.2, 0.25) is 0 Å². The summed E-state index contributed by atoms with van der Waals surface area (Å²) in [5.74, 6) is 0.900. The third kappa shape index (κ3) is 2.78. The van der Waals surface area contributed by atoms with Crippen molar-refractivity contribution >= 4 is 22.4 Å². The maximum absolute atomic E-state index is 4.80. The summed E-state index contributed by atoms with van der Waals surface area (Å²) in [7, 11) is 0. The molecule has 0 amide bonds. The Morgan fingerprint density at radius 2 is 2.15 bits per heavy atom. The first-order valence-corrected chi connectivity index (χ1v) is 9.85. The van der Waals surface area contributed by atoms with E-state index >= 15 is 0 Å². The largest absolute Gasteiger partial charge is 0.370 e.